The van der Waals surface area contributed by atoms with Crippen molar-refractivity contribution in [2.24, 2.45) is 61.8 Å². The van der Waals surface area contributed by atoms with Crippen LogP contribution in [0.3, 0.4) is 0 Å². The predicted molar refractivity (Wildman–Crippen MR) is 167 cm³/mol. The maximum absolute atomic E-state index is 4.93. The smallest absolute Gasteiger partial charge is 0.0561 e. The molecule has 0 aromatic heterocycles. The van der Waals surface area contributed by atoms with Gasteiger partial charge in [-0.25, -0.2) is 0 Å². The van der Waals surface area contributed by atoms with Gasteiger partial charge in [0, 0.05) is 11.6 Å². The molecule has 5 aliphatic rings. The zero-order chi connectivity index (χ0) is 27.8. The summed E-state index contributed by atoms with van der Waals surface area (Å²) in [6.45, 7) is 24.7. The standard InChI is InChI=1S/C37H54N2/c1-25(2)28-17-21-37(24-38-39-27-12-10-9-11-13-27)23-22-35(7)29(32(28)37)14-15-31-34(6)19-16-26(3)33(4,5)30(34)18-20-36(31,35)8/h9-13,24,28-32,39H,1,3,14-23H2,2,4-8H3/b38-24-/t28?,29-,30+,31-,32?,34+,35-,36-,37?/m1/s1. The third kappa shape index (κ3) is 3.75. The van der Waals surface area contributed by atoms with Crippen molar-refractivity contribution in [3.05, 3.63) is 54.6 Å². The average molecular weight is 527 g/mol. The molecule has 0 saturated heterocycles. The molecule has 5 fully saturated rings. The minimum absolute atomic E-state index is 0.199. The number of hydrogen-bond donors (Lipinski definition) is 1. The van der Waals surface area contributed by atoms with E-state index >= 15 is 0 Å². The maximum Gasteiger partial charge on any atom is 0.0561 e. The first-order valence-electron chi connectivity index (χ1n) is 16.1. The molecule has 0 bridgehead atoms. The normalized spacial score (nSPS) is 46.6. The molecule has 6 rings (SSSR count). The number of para-hydroxylation sites is 1. The summed E-state index contributed by atoms with van der Waals surface area (Å²) >= 11 is 0. The fourth-order valence-electron chi connectivity index (χ4n) is 12.1. The number of fused-ring (bicyclic) bond motifs is 7. The number of hydrazone groups is 1. The molecule has 1 aromatic rings. The summed E-state index contributed by atoms with van der Waals surface area (Å²) in [5.41, 5.74) is 9.05. The van der Waals surface area contributed by atoms with Crippen LogP contribution in [0.1, 0.15) is 106 Å². The molecule has 212 valence electrons. The summed E-state index contributed by atoms with van der Waals surface area (Å²) < 4.78 is 0. The van der Waals surface area contributed by atoms with Crippen molar-refractivity contribution in [3.8, 4) is 0 Å². The lowest BCUT2D eigenvalue weighted by molar-refractivity contribution is -0.225. The highest BCUT2D eigenvalue weighted by atomic mass is 15.3. The summed E-state index contributed by atoms with van der Waals surface area (Å²) in [7, 11) is 0. The number of allylic oxidation sites excluding steroid dienone is 2. The molecule has 0 spiro atoms. The van der Waals surface area contributed by atoms with E-state index in [1.54, 1.807) is 0 Å². The van der Waals surface area contributed by atoms with Crippen LogP contribution in [0.15, 0.2) is 59.7 Å². The molecule has 1 aromatic carbocycles. The number of anilines is 1. The predicted octanol–water partition coefficient (Wildman–Crippen LogP) is 10.3. The van der Waals surface area contributed by atoms with Crippen molar-refractivity contribution in [1.82, 2.24) is 0 Å². The van der Waals surface area contributed by atoms with Gasteiger partial charge in [0.1, 0.15) is 0 Å². The highest BCUT2D eigenvalue weighted by molar-refractivity contribution is 5.69. The van der Waals surface area contributed by atoms with Crippen LogP contribution in [0.25, 0.3) is 0 Å². The Morgan fingerprint density at radius 3 is 2.33 bits per heavy atom. The zero-order valence-corrected chi connectivity index (χ0v) is 25.8. The molecule has 39 heavy (non-hydrogen) atoms. The second kappa shape index (κ2) is 9.09. The summed E-state index contributed by atoms with van der Waals surface area (Å²) in [5, 5.41) is 4.93. The van der Waals surface area contributed by atoms with Gasteiger partial charge in [-0.05, 0) is 135 Å². The van der Waals surface area contributed by atoms with Crippen LogP contribution < -0.4 is 5.43 Å². The van der Waals surface area contributed by atoms with Crippen LogP contribution in [0.4, 0.5) is 5.69 Å². The summed E-state index contributed by atoms with van der Waals surface area (Å²) in [6, 6.07) is 10.4. The Bertz CT molecular complexity index is 1160. The SMILES string of the molecule is C=C(C)C1CCC2(/C=N\Nc3ccccc3)CC[C@]3(C)[C@H](CC[C@@H]4[C@@]5(C)CCC(=C)C(C)(C)[C@@H]5CC[C@]43C)C12. The van der Waals surface area contributed by atoms with Gasteiger partial charge >= 0.3 is 0 Å². The van der Waals surface area contributed by atoms with Crippen molar-refractivity contribution in [3.63, 3.8) is 0 Å². The largest absolute Gasteiger partial charge is 0.279 e. The molecule has 0 amide bonds. The lowest BCUT2D eigenvalue weighted by Gasteiger charge is -2.72. The van der Waals surface area contributed by atoms with Gasteiger partial charge in [-0.2, -0.15) is 5.10 Å². The molecule has 0 aliphatic heterocycles. The van der Waals surface area contributed by atoms with Gasteiger partial charge < -0.3 is 0 Å². The average Bonchev–Trinajstić information content (AvgIpc) is 3.28. The minimum atomic E-state index is 0.199. The van der Waals surface area contributed by atoms with E-state index < -0.39 is 0 Å². The van der Waals surface area contributed by atoms with Crippen molar-refractivity contribution >= 4 is 11.9 Å². The van der Waals surface area contributed by atoms with Crippen molar-refractivity contribution in [2.45, 2.75) is 106 Å². The van der Waals surface area contributed by atoms with E-state index in [-0.39, 0.29) is 10.8 Å². The molecule has 0 radical (unpaired) electrons. The van der Waals surface area contributed by atoms with Gasteiger partial charge in [0.05, 0.1) is 5.69 Å². The van der Waals surface area contributed by atoms with Crippen LogP contribution >= 0.6 is 0 Å². The van der Waals surface area contributed by atoms with Gasteiger partial charge in [-0.3, -0.25) is 5.43 Å². The fraction of sp³-hybridized carbons (Fsp3) is 0.703. The Labute approximate surface area is 239 Å². The molecule has 2 heteroatoms. The quantitative estimate of drug-likeness (QED) is 0.235. The zero-order valence-electron chi connectivity index (χ0n) is 25.8. The first kappa shape index (κ1) is 27.3. The van der Waals surface area contributed by atoms with Crippen molar-refractivity contribution < 1.29 is 0 Å². The summed E-state index contributed by atoms with van der Waals surface area (Å²) in [6.07, 6.45) is 15.7. The van der Waals surface area contributed by atoms with E-state index in [0.717, 1.165) is 23.4 Å². The first-order valence-corrected chi connectivity index (χ1v) is 16.1. The molecule has 0 heterocycles. The van der Waals surface area contributed by atoms with Crippen LogP contribution in [0.5, 0.6) is 0 Å². The highest BCUT2D eigenvalue weighted by Crippen LogP contribution is 2.77. The summed E-state index contributed by atoms with van der Waals surface area (Å²) in [4.78, 5) is 0. The van der Waals surface area contributed by atoms with Gasteiger partial charge in [-0.1, -0.05) is 77.1 Å². The van der Waals surface area contributed by atoms with Crippen LogP contribution in [0.2, 0.25) is 0 Å². The third-order valence-corrected chi connectivity index (χ3v) is 14.4. The number of nitrogens with zero attached hydrogens (tertiary/aromatic N) is 1. The Morgan fingerprint density at radius 1 is 0.872 bits per heavy atom. The van der Waals surface area contributed by atoms with Gasteiger partial charge in [-0.15, -0.1) is 0 Å². The van der Waals surface area contributed by atoms with Crippen LogP contribution in [-0.2, 0) is 0 Å². The topological polar surface area (TPSA) is 24.4 Å². The van der Waals surface area contributed by atoms with Gasteiger partial charge in [0.2, 0.25) is 0 Å². The van der Waals surface area contributed by atoms with E-state index in [1.165, 1.54) is 75.4 Å². The first-order chi connectivity index (χ1) is 18.4. The van der Waals surface area contributed by atoms with E-state index in [2.05, 4.69) is 96.7 Å². The molecular weight excluding hydrogens is 472 g/mol. The highest BCUT2D eigenvalue weighted by Gasteiger charge is 2.70. The van der Waals surface area contributed by atoms with Crippen molar-refractivity contribution in [2.75, 3.05) is 5.43 Å². The molecule has 5 saturated carbocycles. The Morgan fingerprint density at radius 2 is 1.62 bits per heavy atom. The van der Waals surface area contributed by atoms with Crippen LogP contribution in [0, 0.1) is 56.7 Å². The Hall–Kier alpha value is -1.83. The fourth-order valence-corrected chi connectivity index (χ4v) is 12.1. The lowest BCUT2D eigenvalue weighted by Crippen LogP contribution is -2.65. The van der Waals surface area contributed by atoms with E-state index in [1.807, 2.05) is 0 Å². The van der Waals surface area contributed by atoms with Crippen LogP contribution in [-0.4, -0.2) is 6.21 Å². The Balaban J connectivity index is 1.35. The lowest BCUT2D eigenvalue weighted by atomic mass is 9.32. The number of hydrogen-bond acceptors (Lipinski definition) is 2. The number of nitrogens with one attached hydrogen (secondary N) is 1. The monoisotopic (exact) mass is 526 g/mol. The Kier molecular flexibility index (Phi) is 6.37. The second-order valence-corrected chi connectivity index (χ2v) is 16.0. The summed E-state index contributed by atoms with van der Waals surface area (Å²) in [5.74, 6) is 3.65. The molecule has 1 N–H and O–H groups in total. The van der Waals surface area contributed by atoms with E-state index in [4.69, 9.17) is 5.10 Å². The molecule has 3 unspecified atom stereocenters. The number of rotatable bonds is 4. The third-order valence-electron chi connectivity index (χ3n) is 14.4. The molecule has 9 atom stereocenters. The molecule has 2 nitrogen and oxygen atoms in total. The number of benzene rings is 1. The maximum atomic E-state index is 4.93. The van der Waals surface area contributed by atoms with E-state index in [9.17, 15) is 0 Å². The molecular formula is C37H54N2. The van der Waals surface area contributed by atoms with E-state index in [0.29, 0.717) is 28.1 Å². The second-order valence-electron chi connectivity index (χ2n) is 16.0. The van der Waals surface area contributed by atoms with Gasteiger partial charge in [0.25, 0.3) is 0 Å². The van der Waals surface area contributed by atoms with Gasteiger partial charge in [0.15, 0.2) is 0 Å². The molecule has 5 aliphatic carbocycles. The van der Waals surface area contributed by atoms with Crippen molar-refractivity contribution in [1.29, 1.82) is 0 Å². The minimum Gasteiger partial charge on any atom is -0.279 e.